The average molecular weight is 257 g/mol. The number of hydrogen-bond donors (Lipinski definition) is 1. The molecule has 100 valence electrons. The van der Waals surface area contributed by atoms with Gasteiger partial charge in [0, 0.05) is 23.5 Å². The van der Waals surface area contributed by atoms with Crippen molar-refractivity contribution in [1.82, 2.24) is 4.98 Å². The van der Waals surface area contributed by atoms with Crippen molar-refractivity contribution in [2.24, 2.45) is 0 Å². The van der Waals surface area contributed by atoms with Crippen LogP contribution < -0.4 is 4.74 Å². The molecular weight excluding hydrogens is 238 g/mol. The van der Waals surface area contributed by atoms with Crippen LogP contribution in [0.25, 0.3) is 0 Å². The van der Waals surface area contributed by atoms with Crippen molar-refractivity contribution in [2.45, 2.75) is 32.5 Å². The monoisotopic (exact) mass is 257 g/mol. The van der Waals surface area contributed by atoms with Gasteiger partial charge in [-0.3, -0.25) is 4.98 Å². The molecule has 1 aromatic heterocycles. The topological polar surface area (TPSA) is 42.4 Å². The Kier molecular flexibility index (Phi) is 3.86. The molecule has 1 aromatic carbocycles. The third kappa shape index (κ3) is 2.93. The largest absolute Gasteiger partial charge is 0.491 e. The minimum absolute atomic E-state index is 0.0610. The molecule has 0 amide bonds. The summed E-state index contributed by atoms with van der Waals surface area (Å²) in [5, 5.41) is 10.8. The summed E-state index contributed by atoms with van der Waals surface area (Å²) in [5.74, 6) is 0.700. The predicted molar refractivity (Wildman–Crippen MR) is 75.1 cm³/mol. The fourth-order valence-corrected chi connectivity index (χ4v) is 2.03. The van der Waals surface area contributed by atoms with E-state index >= 15 is 0 Å². The van der Waals surface area contributed by atoms with Gasteiger partial charge < -0.3 is 9.84 Å². The summed E-state index contributed by atoms with van der Waals surface area (Å²) in [5.41, 5.74) is 0.367. The van der Waals surface area contributed by atoms with Crippen LogP contribution in [0.2, 0.25) is 0 Å². The molecule has 1 N–H and O–H groups in total. The number of aliphatic hydroxyl groups is 1. The highest BCUT2D eigenvalue weighted by Gasteiger charge is 2.29. The van der Waals surface area contributed by atoms with Crippen molar-refractivity contribution in [1.29, 1.82) is 0 Å². The quantitative estimate of drug-likeness (QED) is 0.915. The fourth-order valence-electron chi connectivity index (χ4n) is 2.03. The second kappa shape index (κ2) is 5.41. The molecule has 0 saturated heterocycles. The van der Waals surface area contributed by atoms with E-state index in [-0.39, 0.29) is 6.10 Å². The standard InChI is InChI=1S/C16H19NO2/c1-12(2)19-15-9-5-4-8-14(15)16(3,18)13-7-6-10-17-11-13/h4-12,18H,1-3H3. The Morgan fingerprint density at radius 2 is 1.89 bits per heavy atom. The van der Waals surface area contributed by atoms with Crippen LogP contribution in [-0.2, 0) is 5.60 Å². The van der Waals surface area contributed by atoms with E-state index in [4.69, 9.17) is 4.74 Å². The third-order valence-electron chi connectivity index (χ3n) is 3.00. The predicted octanol–water partition coefficient (Wildman–Crippen LogP) is 3.12. The summed E-state index contributed by atoms with van der Waals surface area (Å²) < 4.78 is 5.77. The number of nitrogens with zero attached hydrogens (tertiary/aromatic N) is 1. The van der Waals surface area contributed by atoms with E-state index in [9.17, 15) is 5.11 Å². The van der Waals surface area contributed by atoms with Crippen molar-refractivity contribution < 1.29 is 9.84 Å². The van der Waals surface area contributed by atoms with E-state index in [1.165, 1.54) is 0 Å². The first-order valence-corrected chi connectivity index (χ1v) is 6.41. The van der Waals surface area contributed by atoms with Crippen LogP contribution in [0.5, 0.6) is 5.75 Å². The van der Waals surface area contributed by atoms with Crippen LogP contribution in [0.1, 0.15) is 31.9 Å². The van der Waals surface area contributed by atoms with Gasteiger partial charge in [0.05, 0.1) is 6.10 Å². The molecule has 3 nitrogen and oxygen atoms in total. The van der Waals surface area contributed by atoms with Crippen LogP contribution in [0.3, 0.4) is 0 Å². The molecule has 1 unspecified atom stereocenters. The molecule has 2 aromatic rings. The molecule has 0 bridgehead atoms. The molecule has 3 heteroatoms. The second-order valence-corrected chi connectivity index (χ2v) is 4.98. The molecule has 0 aliphatic rings. The van der Waals surface area contributed by atoms with Gasteiger partial charge in [-0.1, -0.05) is 24.3 Å². The van der Waals surface area contributed by atoms with Gasteiger partial charge in [0.2, 0.25) is 0 Å². The number of hydrogen-bond acceptors (Lipinski definition) is 3. The number of para-hydroxylation sites is 1. The second-order valence-electron chi connectivity index (χ2n) is 4.98. The maximum atomic E-state index is 10.8. The Bertz CT molecular complexity index is 535. The van der Waals surface area contributed by atoms with Crippen molar-refractivity contribution in [3.63, 3.8) is 0 Å². The molecule has 0 fully saturated rings. The molecule has 0 aliphatic heterocycles. The average Bonchev–Trinajstić information content (AvgIpc) is 2.39. The van der Waals surface area contributed by atoms with Crippen molar-refractivity contribution in [3.8, 4) is 5.75 Å². The fraction of sp³-hybridized carbons (Fsp3) is 0.312. The highest BCUT2D eigenvalue weighted by molar-refractivity contribution is 5.43. The maximum absolute atomic E-state index is 10.8. The van der Waals surface area contributed by atoms with Crippen molar-refractivity contribution >= 4 is 0 Å². The van der Waals surface area contributed by atoms with Gasteiger partial charge in [0.1, 0.15) is 11.4 Å². The lowest BCUT2D eigenvalue weighted by atomic mass is 9.88. The maximum Gasteiger partial charge on any atom is 0.126 e. The van der Waals surface area contributed by atoms with Gasteiger partial charge in [-0.15, -0.1) is 0 Å². The number of rotatable bonds is 4. The van der Waals surface area contributed by atoms with Gasteiger partial charge in [-0.25, -0.2) is 0 Å². The van der Waals surface area contributed by atoms with Crippen LogP contribution in [0, 0.1) is 0 Å². The number of pyridine rings is 1. The zero-order valence-corrected chi connectivity index (χ0v) is 11.5. The molecule has 2 rings (SSSR count). The molecule has 0 spiro atoms. The Labute approximate surface area is 113 Å². The third-order valence-corrected chi connectivity index (χ3v) is 3.00. The van der Waals surface area contributed by atoms with Gasteiger partial charge >= 0.3 is 0 Å². The van der Waals surface area contributed by atoms with E-state index in [0.29, 0.717) is 5.75 Å². The van der Waals surface area contributed by atoms with Crippen molar-refractivity contribution in [3.05, 3.63) is 59.9 Å². The Morgan fingerprint density at radius 3 is 2.53 bits per heavy atom. The van der Waals surface area contributed by atoms with Crippen LogP contribution in [0.15, 0.2) is 48.8 Å². The van der Waals surface area contributed by atoms with E-state index in [0.717, 1.165) is 11.1 Å². The smallest absolute Gasteiger partial charge is 0.126 e. The van der Waals surface area contributed by atoms with Gasteiger partial charge in [0.25, 0.3) is 0 Å². The Hall–Kier alpha value is -1.87. The van der Waals surface area contributed by atoms with Gasteiger partial charge in [-0.05, 0) is 32.9 Å². The lowest BCUT2D eigenvalue weighted by Crippen LogP contribution is -2.24. The van der Waals surface area contributed by atoms with Gasteiger partial charge in [0.15, 0.2) is 0 Å². The summed E-state index contributed by atoms with van der Waals surface area (Å²) in [6.45, 7) is 5.69. The van der Waals surface area contributed by atoms with E-state index in [1.54, 1.807) is 19.3 Å². The van der Waals surface area contributed by atoms with Crippen molar-refractivity contribution in [2.75, 3.05) is 0 Å². The minimum Gasteiger partial charge on any atom is -0.491 e. The molecule has 1 atom stereocenters. The summed E-state index contributed by atoms with van der Waals surface area (Å²) >= 11 is 0. The lowest BCUT2D eigenvalue weighted by molar-refractivity contribution is 0.0954. The molecule has 0 saturated carbocycles. The Morgan fingerprint density at radius 1 is 1.16 bits per heavy atom. The van der Waals surface area contributed by atoms with Crippen LogP contribution >= 0.6 is 0 Å². The highest BCUT2D eigenvalue weighted by atomic mass is 16.5. The highest BCUT2D eigenvalue weighted by Crippen LogP contribution is 2.35. The number of ether oxygens (including phenoxy) is 1. The van der Waals surface area contributed by atoms with E-state index < -0.39 is 5.60 Å². The molecule has 0 radical (unpaired) electrons. The lowest BCUT2D eigenvalue weighted by Gasteiger charge is -2.27. The molecule has 0 aliphatic carbocycles. The zero-order chi connectivity index (χ0) is 13.9. The van der Waals surface area contributed by atoms with Crippen LogP contribution in [0.4, 0.5) is 0 Å². The van der Waals surface area contributed by atoms with E-state index in [1.807, 2.05) is 50.2 Å². The van der Waals surface area contributed by atoms with E-state index in [2.05, 4.69) is 4.98 Å². The van der Waals surface area contributed by atoms with Crippen LogP contribution in [-0.4, -0.2) is 16.2 Å². The molecular formula is C16H19NO2. The zero-order valence-electron chi connectivity index (χ0n) is 11.5. The summed E-state index contributed by atoms with van der Waals surface area (Å²) in [4.78, 5) is 4.07. The normalized spacial score (nSPS) is 14.2. The summed E-state index contributed by atoms with van der Waals surface area (Å²) in [6, 6.07) is 11.2. The first kappa shape index (κ1) is 13.6. The SMILES string of the molecule is CC(C)Oc1ccccc1C(C)(O)c1cccnc1. The van der Waals surface area contributed by atoms with Gasteiger partial charge in [-0.2, -0.15) is 0 Å². The first-order chi connectivity index (χ1) is 9.01. The first-order valence-electron chi connectivity index (χ1n) is 6.41. The molecule has 1 heterocycles. The number of aromatic nitrogens is 1. The summed E-state index contributed by atoms with van der Waals surface area (Å²) in [6.07, 6.45) is 3.42. The molecule has 19 heavy (non-hydrogen) atoms. The number of benzene rings is 1. The summed E-state index contributed by atoms with van der Waals surface area (Å²) in [7, 11) is 0. The minimum atomic E-state index is -1.13. The Balaban J connectivity index is 2.46.